The second-order valence-corrected chi connectivity index (χ2v) is 7.31. The van der Waals surface area contributed by atoms with Gasteiger partial charge in [0, 0.05) is 32.2 Å². The highest BCUT2D eigenvalue weighted by Gasteiger charge is 2.28. The number of rotatable bonds is 4. The second-order valence-electron chi connectivity index (χ2n) is 7.31. The zero-order valence-corrected chi connectivity index (χ0v) is 14.4. The van der Waals surface area contributed by atoms with Crippen LogP contribution in [0.1, 0.15) is 42.9 Å². The van der Waals surface area contributed by atoms with Crippen LogP contribution >= 0.6 is 0 Å². The van der Waals surface area contributed by atoms with Gasteiger partial charge in [0.1, 0.15) is 5.76 Å². The molecule has 1 aromatic carbocycles. The van der Waals surface area contributed by atoms with Gasteiger partial charge in [0.05, 0.1) is 12.8 Å². The summed E-state index contributed by atoms with van der Waals surface area (Å²) in [5, 5.41) is 0. The molecule has 2 fully saturated rings. The maximum atomic E-state index is 5.48. The van der Waals surface area contributed by atoms with Crippen molar-refractivity contribution in [3.63, 3.8) is 0 Å². The summed E-state index contributed by atoms with van der Waals surface area (Å²) in [6.07, 6.45) is 7.19. The van der Waals surface area contributed by atoms with Crippen LogP contribution in [0.3, 0.4) is 0 Å². The molecule has 1 saturated heterocycles. The Morgan fingerprint density at radius 3 is 2.25 bits per heavy atom. The molecule has 1 aliphatic carbocycles. The van der Waals surface area contributed by atoms with E-state index in [1.807, 2.05) is 6.07 Å². The first-order chi connectivity index (χ1) is 11.9. The van der Waals surface area contributed by atoms with Crippen molar-refractivity contribution in [3.8, 4) is 0 Å². The molecule has 3 heteroatoms. The van der Waals surface area contributed by atoms with E-state index in [2.05, 4.69) is 46.2 Å². The van der Waals surface area contributed by atoms with E-state index in [4.69, 9.17) is 4.42 Å². The number of nitrogens with zero attached hydrogens (tertiary/aromatic N) is 2. The highest BCUT2D eigenvalue weighted by atomic mass is 16.3. The van der Waals surface area contributed by atoms with Gasteiger partial charge in [-0.15, -0.1) is 0 Å². The molecule has 0 radical (unpaired) electrons. The van der Waals surface area contributed by atoms with Crippen LogP contribution in [0.4, 0.5) is 0 Å². The number of furan rings is 1. The second kappa shape index (κ2) is 7.54. The van der Waals surface area contributed by atoms with Gasteiger partial charge in [-0.1, -0.05) is 30.3 Å². The fourth-order valence-corrected chi connectivity index (χ4v) is 4.41. The first-order valence-electron chi connectivity index (χ1n) is 9.42. The lowest BCUT2D eigenvalue weighted by Gasteiger charge is -2.42. The topological polar surface area (TPSA) is 19.6 Å². The lowest BCUT2D eigenvalue weighted by atomic mass is 9.81. The van der Waals surface area contributed by atoms with Crippen molar-refractivity contribution in [2.75, 3.05) is 26.2 Å². The predicted octanol–water partition coefficient (Wildman–Crippen LogP) is 4.12. The summed E-state index contributed by atoms with van der Waals surface area (Å²) in [5.41, 5.74) is 1.54. The SMILES string of the molecule is c1ccc(C2CCC(N3CCN(Cc4ccco4)CC3)CC2)cc1. The Balaban J connectivity index is 1.24. The molecule has 0 unspecified atom stereocenters. The van der Waals surface area contributed by atoms with Crippen LogP contribution in [0.15, 0.2) is 53.1 Å². The molecule has 3 nitrogen and oxygen atoms in total. The lowest BCUT2D eigenvalue weighted by Crippen LogP contribution is -2.50. The molecule has 1 saturated carbocycles. The lowest BCUT2D eigenvalue weighted by molar-refractivity contribution is 0.0695. The van der Waals surface area contributed by atoms with Gasteiger partial charge in [-0.2, -0.15) is 0 Å². The summed E-state index contributed by atoms with van der Waals surface area (Å²) in [5.74, 6) is 1.87. The first kappa shape index (κ1) is 15.9. The van der Waals surface area contributed by atoms with E-state index in [0.29, 0.717) is 0 Å². The Morgan fingerprint density at radius 2 is 1.58 bits per heavy atom. The number of hydrogen-bond donors (Lipinski definition) is 0. The summed E-state index contributed by atoms with van der Waals surface area (Å²) < 4.78 is 5.48. The fourth-order valence-electron chi connectivity index (χ4n) is 4.41. The Labute approximate surface area is 145 Å². The Bertz CT molecular complexity index is 594. The number of benzene rings is 1. The third kappa shape index (κ3) is 3.73. The smallest absolute Gasteiger partial charge is 0.117 e. The molecular weight excluding hydrogens is 296 g/mol. The maximum Gasteiger partial charge on any atom is 0.117 e. The molecule has 2 aliphatic rings. The third-order valence-electron chi connectivity index (χ3n) is 5.85. The van der Waals surface area contributed by atoms with Gasteiger partial charge >= 0.3 is 0 Å². The largest absolute Gasteiger partial charge is 0.468 e. The molecule has 128 valence electrons. The van der Waals surface area contributed by atoms with Crippen LogP contribution in [0, 0.1) is 0 Å². The molecule has 24 heavy (non-hydrogen) atoms. The van der Waals surface area contributed by atoms with Crippen molar-refractivity contribution in [2.24, 2.45) is 0 Å². The van der Waals surface area contributed by atoms with Crippen molar-refractivity contribution in [1.29, 1.82) is 0 Å². The van der Waals surface area contributed by atoms with Crippen LogP contribution in [-0.4, -0.2) is 42.0 Å². The normalized spacial score (nSPS) is 26.5. The summed E-state index contributed by atoms with van der Waals surface area (Å²) in [7, 11) is 0. The van der Waals surface area contributed by atoms with E-state index in [1.54, 1.807) is 11.8 Å². The van der Waals surface area contributed by atoms with Gasteiger partial charge in [-0.05, 0) is 49.3 Å². The van der Waals surface area contributed by atoms with Crippen LogP contribution < -0.4 is 0 Å². The zero-order valence-electron chi connectivity index (χ0n) is 14.4. The number of piperazine rings is 1. The zero-order chi connectivity index (χ0) is 16.2. The van der Waals surface area contributed by atoms with Gasteiger partial charge in [0.2, 0.25) is 0 Å². The van der Waals surface area contributed by atoms with Gasteiger partial charge < -0.3 is 4.42 Å². The van der Waals surface area contributed by atoms with E-state index < -0.39 is 0 Å². The van der Waals surface area contributed by atoms with Gasteiger partial charge in [0.25, 0.3) is 0 Å². The minimum absolute atomic E-state index is 0.780. The first-order valence-corrected chi connectivity index (χ1v) is 9.42. The van der Waals surface area contributed by atoms with Gasteiger partial charge in [-0.25, -0.2) is 0 Å². The molecular formula is C21H28N2O. The summed E-state index contributed by atoms with van der Waals surface area (Å²) in [6.45, 7) is 5.71. The summed E-state index contributed by atoms with van der Waals surface area (Å²) >= 11 is 0. The molecule has 0 spiro atoms. The van der Waals surface area contributed by atoms with Crippen LogP contribution in [0.25, 0.3) is 0 Å². The average Bonchev–Trinajstić information content (AvgIpc) is 3.16. The van der Waals surface area contributed by atoms with Crippen molar-refractivity contribution < 1.29 is 4.42 Å². The summed E-state index contributed by atoms with van der Waals surface area (Å²) in [4.78, 5) is 5.25. The van der Waals surface area contributed by atoms with Crippen molar-refractivity contribution in [2.45, 2.75) is 44.2 Å². The van der Waals surface area contributed by atoms with E-state index in [9.17, 15) is 0 Å². The van der Waals surface area contributed by atoms with Crippen molar-refractivity contribution in [3.05, 3.63) is 60.1 Å². The third-order valence-corrected chi connectivity index (χ3v) is 5.85. The minimum Gasteiger partial charge on any atom is -0.468 e. The van der Waals surface area contributed by atoms with Crippen LogP contribution in [0.2, 0.25) is 0 Å². The quantitative estimate of drug-likeness (QED) is 0.843. The molecule has 0 atom stereocenters. The molecule has 4 rings (SSSR count). The predicted molar refractivity (Wildman–Crippen MR) is 97.0 cm³/mol. The molecule has 0 bridgehead atoms. The van der Waals surface area contributed by atoms with Crippen LogP contribution in [0.5, 0.6) is 0 Å². The number of hydrogen-bond acceptors (Lipinski definition) is 3. The molecule has 0 N–H and O–H groups in total. The minimum atomic E-state index is 0.780. The Hall–Kier alpha value is -1.58. The maximum absolute atomic E-state index is 5.48. The van der Waals surface area contributed by atoms with E-state index in [-0.39, 0.29) is 0 Å². The van der Waals surface area contributed by atoms with Crippen molar-refractivity contribution >= 4 is 0 Å². The van der Waals surface area contributed by atoms with Crippen molar-refractivity contribution in [1.82, 2.24) is 9.80 Å². The molecule has 1 aliphatic heterocycles. The Morgan fingerprint density at radius 1 is 0.833 bits per heavy atom. The fraction of sp³-hybridized carbons (Fsp3) is 0.524. The summed E-state index contributed by atoms with van der Waals surface area (Å²) in [6, 6.07) is 16.0. The highest BCUT2D eigenvalue weighted by molar-refractivity contribution is 5.20. The highest BCUT2D eigenvalue weighted by Crippen LogP contribution is 2.34. The van der Waals surface area contributed by atoms with E-state index in [1.165, 1.54) is 51.9 Å². The molecule has 1 aromatic heterocycles. The Kier molecular flexibility index (Phi) is 5.00. The molecule has 2 aromatic rings. The monoisotopic (exact) mass is 324 g/mol. The van der Waals surface area contributed by atoms with E-state index >= 15 is 0 Å². The standard InChI is InChI=1S/C21H28N2O/c1-2-5-18(6-3-1)19-8-10-20(11-9-19)23-14-12-22(13-15-23)17-21-7-4-16-24-21/h1-7,16,19-20H,8-15,17H2. The average molecular weight is 324 g/mol. The van der Waals surface area contributed by atoms with Gasteiger partial charge in [-0.3, -0.25) is 9.80 Å². The molecule has 0 amide bonds. The van der Waals surface area contributed by atoms with Gasteiger partial charge in [0.15, 0.2) is 0 Å². The van der Waals surface area contributed by atoms with Crippen LogP contribution in [-0.2, 0) is 6.54 Å². The molecule has 2 heterocycles. The van der Waals surface area contributed by atoms with E-state index in [0.717, 1.165) is 24.3 Å².